The lowest BCUT2D eigenvalue weighted by Gasteiger charge is -2.27. The van der Waals surface area contributed by atoms with Crippen LogP contribution in [0.3, 0.4) is 0 Å². The van der Waals surface area contributed by atoms with Gasteiger partial charge in [-0.2, -0.15) is 5.26 Å². The second-order valence-electron chi connectivity index (χ2n) is 5.85. The first-order valence-electron chi connectivity index (χ1n) is 8.13. The van der Waals surface area contributed by atoms with Gasteiger partial charge in [-0.25, -0.2) is 4.79 Å². The van der Waals surface area contributed by atoms with Crippen LogP contribution >= 0.6 is 0 Å². The molecule has 0 saturated carbocycles. The highest BCUT2D eigenvalue weighted by Crippen LogP contribution is 2.38. The van der Waals surface area contributed by atoms with E-state index in [1.54, 1.807) is 0 Å². The summed E-state index contributed by atoms with van der Waals surface area (Å²) in [6, 6.07) is 12.8. The third-order valence-electron chi connectivity index (χ3n) is 4.37. The molecule has 1 unspecified atom stereocenters. The Morgan fingerprint density at radius 2 is 2.17 bits per heavy atom. The molecule has 3 heteroatoms. The molecule has 0 heterocycles. The van der Waals surface area contributed by atoms with E-state index in [0.717, 1.165) is 32.1 Å². The van der Waals surface area contributed by atoms with Crippen LogP contribution in [0.25, 0.3) is 0 Å². The van der Waals surface area contributed by atoms with Crippen LogP contribution in [0.1, 0.15) is 50.0 Å². The van der Waals surface area contributed by atoms with E-state index in [0.29, 0.717) is 12.3 Å². The summed E-state index contributed by atoms with van der Waals surface area (Å²) in [6.07, 6.45) is 8.85. The summed E-state index contributed by atoms with van der Waals surface area (Å²) < 4.78 is 4.67. The number of nitrogens with zero attached hydrogens (tertiary/aromatic N) is 1. The number of nitriles is 1. The molecule has 23 heavy (non-hydrogen) atoms. The Hall–Kier alpha value is -2.34. The van der Waals surface area contributed by atoms with Gasteiger partial charge in [0, 0.05) is 12.5 Å². The van der Waals surface area contributed by atoms with Crippen molar-refractivity contribution in [2.24, 2.45) is 0 Å². The first kappa shape index (κ1) is 17.0. The maximum atomic E-state index is 11.3. The minimum atomic E-state index is -0.320. The van der Waals surface area contributed by atoms with E-state index in [4.69, 9.17) is 5.26 Å². The van der Waals surface area contributed by atoms with Crippen LogP contribution in [-0.4, -0.2) is 13.1 Å². The van der Waals surface area contributed by atoms with Crippen LogP contribution in [0.2, 0.25) is 0 Å². The molecule has 0 spiro atoms. The topological polar surface area (TPSA) is 50.1 Å². The van der Waals surface area contributed by atoms with Gasteiger partial charge in [-0.15, -0.1) is 0 Å². The minimum absolute atomic E-state index is 0.320. The number of rotatable bonds is 6. The lowest BCUT2D eigenvalue weighted by Crippen LogP contribution is -2.09. The molecule has 0 N–H and O–H groups in total. The minimum Gasteiger partial charge on any atom is -0.466 e. The Labute approximate surface area is 138 Å². The molecule has 0 aliphatic heterocycles. The zero-order valence-electron chi connectivity index (χ0n) is 13.6. The number of benzene rings is 1. The highest BCUT2D eigenvalue weighted by atomic mass is 16.5. The predicted octanol–water partition coefficient (Wildman–Crippen LogP) is 4.67. The number of allylic oxidation sites excluding steroid dienone is 3. The average Bonchev–Trinajstić information content (AvgIpc) is 2.61. The molecule has 0 saturated heterocycles. The molecule has 1 aliphatic carbocycles. The van der Waals surface area contributed by atoms with Crippen molar-refractivity contribution in [1.29, 1.82) is 5.26 Å². The third kappa shape index (κ3) is 5.10. The molecule has 1 aliphatic rings. The van der Waals surface area contributed by atoms with Gasteiger partial charge in [-0.1, -0.05) is 42.0 Å². The second-order valence-corrected chi connectivity index (χ2v) is 5.85. The van der Waals surface area contributed by atoms with Gasteiger partial charge in [0.15, 0.2) is 0 Å². The third-order valence-corrected chi connectivity index (χ3v) is 4.37. The molecule has 0 aromatic heterocycles. The molecule has 3 nitrogen and oxygen atoms in total. The van der Waals surface area contributed by atoms with Crippen molar-refractivity contribution >= 4 is 5.97 Å². The van der Waals surface area contributed by atoms with Crippen LogP contribution in [0, 0.1) is 11.3 Å². The van der Waals surface area contributed by atoms with Crippen molar-refractivity contribution in [3.05, 3.63) is 59.2 Å². The van der Waals surface area contributed by atoms with Crippen molar-refractivity contribution in [1.82, 2.24) is 0 Å². The van der Waals surface area contributed by atoms with Gasteiger partial charge >= 0.3 is 5.97 Å². The van der Waals surface area contributed by atoms with Crippen molar-refractivity contribution in [3.8, 4) is 6.07 Å². The van der Waals surface area contributed by atoms with Crippen molar-refractivity contribution < 1.29 is 9.53 Å². The van der Waals surface area contributed by atoms with Crippen LogP contribution in [0.5, 0.6) is 0 Å². The Balaban J connectivity index is 2.15. The highest BCUT2D eigenvalue weighted by Gasteiger charge is 2.21. The lowest BCUT2D eigenvalue weighted by molar-refractivity contribution is -0.134. The van der Waals surface area contributed by atoms with Gasteiger partial charge in [-0.3, -0.25) is 0 Å². The zero-order valence-corrected chi connectivity index (χ0v) is 13.6. The maximum Gasteiger partial charge on any atom is 0.330 e. The molecular weight excluding hydrogens is 286 g/mol. The lowest BCUT2D eigenvalue weighted by atomic mass is 9.78. The fraction of sp³-hybridized carbons (Fsp3) is 0.400. The number of unbranched alkanes of at least 4 members (excludes halogenated alkanes) is 1. The van der Waals surface area contributed by atoms with E-state index in [1.165, 1.54) is 29.9 Å². The molecule has 1 aromatic carbocycles. The average molecular weight is 309 g/mol. The Kier molecular flexibility index (Phi) is 6.62. The van der Waals surface area contributed by atoms with E-state index in [2.05, 4.69) is 35.1 Å². The number of carbonyl (C=O) groups excluding carboxylic acids is 1. The second kappa shape index (κ2) is 8.95. The Morgan fingerprint density at radius 3 is 2.87 bits per heavy atom. The molecular formula is C20H23NO2. The zero-order chi connectivity index (χ0) is 16.5. The van der Waals surface area contributed by atoms with Gasteiger partial charge < -0.3 is 4.74 Å². The van der Waals surface area contributed by atoms with E-state index in [9.17, 15) is 4.79 Å². The van der Waals surface area contributed by atoms with Crippen LogP contribution in [0.4, 0.5) is 0 Å². The van der Waals surface area contributed by atoms with Crippen molar-refractivity contribution in [2.75, 3.05) is 7.11 Å². The van der Waals surface area contributed by atoms with Crippen LogP contribution in [0.15, 0.2) is 53.6 Å². The monoisotopic (exact) mass is 309 g/mol. The molecule has 2 rings (SSSR count). The Bertz CT molecular complexity index is 623. The van der Waals surface area contributed by atoms with E-state index >= 15 is 0 Å². The number of carbonyl (C=O) groups is 1. The van der Waals surface area contributed by atoms with Gasteiger partial charge in [0.05, 0.1) is 13.2 Å². The van der Waals surface area contributed by atoms with Crippen LogP contribution in [-0.2, 0) is 9.53 Å². The molecule has 1 atom stereocenters. The van der Waals surface area contributed by atoms with Gasteiger partial charge in [0.2, 0.25) is 0 Å². The van der Waals surface area contributed by atoms with E-state index in [1.807, 2.05) is 12.1 Å². The summed E-state index contributed by atoms with van der Waals surface area (Å²) in [5.74, 6) is 0.211. The number of hydrogen-bond acceptors (Lipinski definition) is 3. The molecule has 0 fully saturated rings. The molecule has 0 amide bonds. The highest BCUT2D eigenvalue weighted by molar-refractivity contribution is 5.82. The fourth-order valence-corrected chi connectivity index (χ4v) is 3.13. The molecule has 1 aromatic rings. The molecule has 0 bridgehead atoms. The maximum absolute atomic E-state index is 11.3. The summed E-state index contributed by atoms with van der Waals surface area (Å²) in [6.45, 7) is 0. The van der Waals surface area contributed by atoms with Gasteiger partial charge in [0.1, 0.15) is 0 Å². The van der Waals surface area contributed by atoms with Crippen LogP contribution < -0.4 is 0 Å². The fourth-order valence-electron chi connectivity index (χ4n) is 3.13. The standard InChI is InChI=1S/C20H23NO2/c1-23-20(22)13-12-17-10-11-19(16-7-3-2-4-8-16)15-18(17)9-5-6-14-21/h2-4,7-8,12-13,19H,5-6,9-11,15H2,1H3/b13-12+. The predicted molar refractivity (Wildman–Crippen MR) is 90.7 cm³/mol. The first-order chi connectivity index (χ1) is 11.2. The van der Waals surface area contributed by atoms with Crippen molar-refractivity contribution in [3.63, 3.8) is 0 Å². The number of methoxy groups -OCH3 is 1. The van der Waals surface area contributed by atoms with E-state index < -0.39 is 0 Å². The summed E-state index contributed by atoms with van der Waals surface area (Å²) >= 11 is 0. The van der Waals surface area contributed by atoms with Gasteiger partial charge in [-0.05, 0) is 49.2 Å². The Morgan fingerprint density at radius 1 is 1.39 bits per heavy atom. The van der Waals surface area contributed by atoms with Crippen molar-refractivity contribution in [2.45, 2.75) is 44.4 Å². The SMILES string of the molecule is COC(=O)/C=C/C1=C(CCCC#N)CC(c2ccccc2)CC1. The first-order valence-corrected chi connectivity index (χ1v) is 8.13. The summed E-state index contributed by atoms with van der Waals surface area (Å²) in [7, 11) is 1.39. The summed E-state index contributed by atoms with van der Waals surface area (Å²) in [4.78, 5) is 11.3. The van der Waals surface area contributed by atoms with E-state index in [-0.39, 0.29) is 5.97 Å². The quantitative estimate of drug-likeness (QED) is 0.436. The number of esters is 1. The summed E-state index contributed by atoms with van der Waals surface area (Å²) in [5.41, 5.74) is 3.99. The number of ether oxygens (including phenoxy) is 1. The molecule has 0 radical (unpaired) electrons. The smallest absolute Gasteiger partial charge is 0.330 e. The normalized spacial score (nSPS) is 18.0. The molecule has 120 valence electrons. The summed E-state index contributed by atoms with van der Waals surface area (Å²) in [5, 5.41) is 8.76. The van der Waals surface area contributed by atoms with Gasteiger partial charge in [0.25, 0.3) is 0 Å². The largest absolute Gasteiger partial charge is 0.466 e. The number of hydrogen-bond donors (Lipinski definition) is 0.